The summed E-state index contributed by atoms with van der Waals surface area (Å²) in [5.74, 6) is 0.576. The van der Waals surface area contributed by atoms with E-state index in [0.717, 1.165) is 32.0 Å². The molecule has 0 radical (unpaired) electrons. The fraction of sp³-hybridized carbons (Fsp3) is 0.111. The predicted molar refractivity (Wildman–Crippen MR) is 99.3 cm³/mol. The first-order valence-electron chi connectivity index (χ1n) is 7.73. The summed E-state index contributed by atoms with van der Waals surface area (Å²) < 4.78 is 1.83. The van der Waals surface area contributed by atoms with Crippen LogP contribution in [0.2, 0.25) is 0 Å². The molecule has 25 heavy (non-hydrogen) atoms. The van der Waals surface area contributed by atoms with Gasteiger partial charge in [0.15, 0.2) is 5.78 Å². The molecule has 0 bridgehead atoms. The van der Waals surface area contributed by atoms with Crippen molar-refractivity contribution in [2.45, 2.75) is 6.92 Å². The van der Waals surface area contributed by atoms with E-state index in [4.69, 9.17) is 0 Å². The minimum atomic E-state index is 0.0634. The first kappa shape index (κ1) is 15.5. The summed E-state index contributed by atoms with van der Waals surface area (Å²) in [6.07, 6.45) is 3.53. The molecule has 0 unspecified atom stereocenters. The van der Waals surface area contributed by atoms with Gasteiger partial charge in [0, 0.05) is 24.3 Å². The van der Waals surface area contributed by atoms with Crippen molar-refractivity contribution < 1.29 is 4.79 Å². The number of hydrogen-bond acceptors (Lipinski definition) is 6. The van der Waals surface area contributed by atoms with Crippen LogP contribution in [0.15, 0.2) is 48.8 Å². The number of carbonyl (C=O) groups excluding carboxylic acids is 1. The largest absolute Gasteiger partial charge is 0.324 e. The van der Waals surface area contributed by atoms with Crippen molar-refractivity contribution in [3.05, 3.63) is 53.7 Å². The minimum absolute atomic E-state index is 0.0634. The van der Waals surface area contributed by atoms with Crippen molar-refractivity contribution in [1.29, 1.82) is 0 Å². The van der Waals surface area contributed by atoms with E-state index in [-0.39, 0.29) is 5.78 Å². The lowest BCUT2D eigenvalue weighted by Gasteiger charge is -2.06. The molecular formula is C18H15N5OS. The Labute approximate surface area is 148 Å². The average Bonchev–Trinajstić information content (AvgIpc) is 3.23. The molecule has 0 saturated carbocycles. The molecule has 0 aliphatic rings. The number of hydrogen-bond donors (Lipinski definition) is 1. The number of thiophene rings is 1. The van der Waals surface area contributed by atoms with Gasteiger partial charge in [-0.15, -0.1) is 11.3 Å². The second kappa shape index (κ2) is 6.10. The van der Waals surface area contributed by atoms with E-state index in [9.17, 15) is 4.79 Å². The molecule has 1 aromatic carbocycles. The van der Waals surface area contributed by atoms with E-state index < -0.39 is 0 Å². The molecule has 3 heterocycles. The van der Waals surface area contributed by atoms with Crippen LogP contribution in [-0.4, -0.2) is 25.5 Å². The maximum Gasteiger partial charge on any atom is 0.227 e. The summed E-state index contributed by atoms with van der Waals surface area (Å²) in [6, 6.07) is 11.6. The van der Waals surface area contributed by atoms with E-state index in [1.165, 1.54) is 11.3 Å². The monoisotopic (exact) mass is 349 g/mol. The standard InChI is InChI=1S/C18H15N5OS/c1-11(24)16-5-6-17(25-16)14-7-8-19-18(22-14)21-13-3-4-15-12(9-13)10-20-23(15)2/h3-10H,1-2H3,(H,19,21,22). The number of benzene rings is 1. The van der Waals surface area contributed by atoms with Crippen LogP contribution in [0.3, 0.4) is 0 Å². The fourth-order valence-electron chi connectivity index (χ4n) is 2.59. The summed E-state index contributed by atoms with van der Waals surface area (Å²) in [5, 5.41) is 8.52. The lowest BCUT2D eigenvalue weighted by Crippen LogP contribution is -1.97. The van der Waals surface area contributed by atoms with Crippen LogP contribution < -0.4 is 5.32 Å². The average molecular weight is 349 g/mol. The number of Topliss-reactive ketones (excluding diaryl/α,β-unsaturated/α-hetero) is 1. The molecule has 0 atom stereocenters. The van der Waals surface area contributed by atoms with Crippen LogP contribution in [-0.2, 0) is 7.05 Å². The highest BCUT2D eigenvalue weighted by atomic mass is 32.1. The number of fused-ring (bicyclic) bond motifs is 1. The quantitative estimate of drug-likeness (QED) is 0.563. The summed E-state index contributed by atoms with van der Waals surface area (Å²) >= 11 is 1.44. The normalized spacial score (nSPS) is 11.0. The number of nitrogens with one attached hydrogen (secondary N) is 1. The van der Waals surface area contributed by atoms with Crippen molar-refractivity contribution >= 4 is 39.7 Å². The van der Waals surface area contributed by atoms with E-state index in [0.29, 0.717) is 5.95 Å². The fourth-order valence-corrected chi connectivity index (χ4v) is 3.46. The third-order valence-corrected chi connectivity index (χ3v) is 5.07. The van der Waals surface area contributed by atoms with E-state index in [1.807, 2.05) is 54.3 Å². The second-order valence-electron chi connectivity index (χ2n) is 5.65. The Hall–Kier alpha value is -3.06. The van der Waals surface area contributed by atoms with Crippen LogP contribution >= 0.6 is 11.3 Å². The van der Waals surface area contributed by atoms with Crippen LogP contribution in [0, 0.1) is 0 Å². The van der Waals surface area contributed by atoms with Crippen molar-refractivity contribution in [3.63, 3.8) is 0 Å². The van der Waals surface area contributed by atoms with Gasteiger partial charge in [-0.25, -0.2) is 9.97 Å². The number of nitrogens with zero attached hydrogens (tertiary/aromatic N) is 4. The molecule has 0 spiro atoms. The minimum Gasteiger partial charge on any atom is -0.324 e. The summed E-state index contributed by atoms with van der Waals surface area (Å²) in [4.78, 5) is 22.0. The molecule has 124 valence electrons. The highest BCUT2D eigenvalue weighted by molar-refractivity contribution is 7.17. The number of anilines is 2. The SMILES string of the molecule is CC(=O)c1ccc(-c2ccnc(Nc3ccc4c(cnn4C)c3)n2)s1. The van der Waals surface area contributed by atoms with Gasteiger partial charge in [0.25, 0.3) is 0 Å². The first-order valence-corrected chi connectivity index (χ1v) is 8.55. The summed E-state index contributed by atoms with van der Waals surface area (Å²) in [7, 11) is 1.92. The van der Waals surface area contributed by atoms with Gasteiger partial charge in [0.2, 0.25) is 5.95 Å². The van der Waals surface area contributed by atoms with E-state index in [2.05, 4.69) is 20.4 Å². The molecule has 1 N–H and O–H groups in total. The smallest absolute Gasteiger partial charge is 0.227 e. The Morgan fingerprint density at radius 1 is 1.20 bits per heavy atom. The molecule has 0 saturated heterocycles. The topological polar surface area (TPSA) is 72.7 Å². The number of ketones is 1. The van der Waals surface area contributed by atoms with Gasteiger partial charge in [-0.05, 0) is 43.3 Å². The molecule has 0 aliphatic carbocycles. The summed E-state index contributed by atoms with van der Waals surface area (Å²) in [6.45, 7) is 1.57. The van der Waals surface area contributed by atoms with Gasteiger partial charge in [-0.3, -0.25) is 9.48 Å². The predicted octanol–water partition coefficient (Wildman–Crippen LogP) is 4.04. The molecule has 7 heteroatoms. The highest BCUT2D eigenvalue weighted by Gasteiger charge is 2.09. The van der Waals surface area contributed by atoms with Crippen LogP contribution in [0.4, 0.5) is 11.6 Å². The molecular weight excluding hydrogens is 334 g/mol. The van der Waals surface area contributed by atoms with Crippen molar-refractivity contribution in [3.8, 4) is 10.6 Å². The number of rotatable bonds is 4. The Morgan fingerprint density at radius 2 is 2.08 bits per heavy atom. The van der Waals surface area contributed by atoms with Gasteiger partial charge >= 0.3 is 0 Å². The molecule has 0 fully saturated rings. The Morgan fingerprint density at radius 3 is 2.88 bits per heavy atom. The van der Waals surface area contributed by atoms with Crippen LogP contribution in [0.25, 0.3) is 21.5 Å². The maximum absolute atomic E-state index is 11.5. The van der Waals surface area contributed by atoms with Crippen molar-refractivity contribution in [1.82, 2.24) is 19.7 Å². The van der Waals surface area contributed by atoms with Gasteiger partial charge in [0.05, 0.1) is 27.2 Å². The molecule has 4 aromatic rings. The Balaban J connectivity index is 1.62. The zero-order valence-electron chi connectivity index (χ0n) is 13.7. The molecule has 6 nitrogen and oxygen atoms in total. The number of carbonyl (C=O) groups is 1. The third kappa shape index (κ3) is 3.01. The van der Waals surface area contributed by atoms with Gasteiger partial charge in [-0.2, -0.15) is 5.10 Å². The summed E-state index contributed by atoms with van der Waals surface area (Å²) in [5.41, 5.74) is 2.75. The molecule has 0 amide bonds. The van der Waals surface area contributed by atoms with Crippen LogP contribution in [0.5, 0.6) is 0 Å². The van der Waals surface area contributed by atoms with Gasteiger partial charge in [-0.1, -0.05) is 0 Å². The van der Waals surface area contributed by atoms with Crippen molar-refractivity contribution in [2.24, 2.45) is 7.05 Å². The molecule has 3 aromatic heterocycles. The lowest BCUT2D eigenvalue weighted by atomic mass is 10.2. The van der Waals surface area contributed by atoms with Crippen LogP contribution in [0.1, 0.15) is 16.6 Å². The molecule has 4 rings (SSSR count). The zero-order valence-corrected chi connectivity index (χ0v) is 14.5. The first-order chi connectivity index (χ1) is 12.1. The number of aromatic nitrogens is 4. The number of aryl methyl sites for hydroxylation is 1. The maximum atomic E-state index is 11.5. The third-order valence-electron chi connectivity index (χ3n) is 3.86. The Bertz CT molecular complexity index is 1080. The van der Waals surface area contributed by atoms with Crippen molar-refractivity contribution in [2.75, 3.05) is 5.32 Å². The van der Waals surface area contributed by atoms with E-state index in [1.54, 1.807) is 13.1 Å². The molecule has 0 aliphatic heterocycles. The Kier molecular flexibility index (Phi) is 3.77. The zero-order chi connectivity index (χ0) is 17.4. The second-order valence-corrected chi connectivity index (χ2v) is 6.74. The van der Waals surface area contributed by atoms with Gasteiger partial charge in [0.1, 0.15) is 0 Å². The highest BCUT2D eigenvalue weighted by Crippen LogP contribution is 2.28. The van der Waals surface area contributed by atoms with E-state index >= 15 is 0 Å². The van der Waals surface area contributed by atoms with Gasteiger partial charge < -0.3 is 5.32 Å². The lowest BCUT2D eigenvalue weighted by molar-refractivity contribution is 0.102.